The van der Waals surface area contributed by atoms with Gasteiger partial charge in [-0.25, -0.2) is 0 Å². The highest BCUT2D eigenvalue weighted by Crippen LogP contribution is 2.09. The lowest BCUT2D eigenvalue weighted by atomic mass is 10.1. The number of halogens is 2. The van der Waals surface area contributed by atoms with E-state index in [4.69, 9.17) is 33.6 Å². The first-order valence-corrected chi connectivity index (χ1v) is 5.19. The highest BCUT2D eigenvalue weighted by atomic mass is 35.5. The highest BCUT2D eigenvalue weighted by molar-refractivity contribution is 6.65. The minimum absolute atomic E-state index is 0.236. The molecule has 82 valence electrons. The number of unbranched alkanes of at least 4 members (excludes halogenated alkanes) is 3. The Morgan fingerprint density at radius 1 is 0.786 bits per heavy atom. The summed E-state index contributed by atoms with van der Waals surface area (Å²) in [5, 5.41) is 22.7. The third-order valence-electron chi connectivity index (χ3n) is 1.73. The summed E-state index contributed by atoms with van der Waals surface area (Å²) in [4.78, 5) is 0. The predicted molar refractivity (Wildman–Crippen MR) is 57.9 cm³/mol. The Hall–Kier alpha value is -0.480. The molecule has 0 aromatic carbocycles. The molecule has 0 aliphatic carbocycles. The van der Waals surface area contributed by atoms with Crippen molar-refractivity contribution in [2.45, 2.75) is 38.5 Å². The zero-order valence-electron chi connectivity index (χ0n) is 7.79. The molecule has 2 N–H and O–H groups in total. The summed E-state index contributed by atoms with van der Waals surface area (Å²) >= 11 is 11.0. The van der Waals surface area contributed by atoms with Crippen molar-refractivity contribution in [2.24, 2.45) is 10.3 Å². The van der Waals surface area contributed by atoms with E-state index in [1.54, 1.807) is 0 Å². The Labute approximate surface area is 93.2 Å². The molecule has 0 atom stereocenters. The van der Waals surface area contributed by atoms with Crippen molar-refractivity contribution in [3.8, 4) is 0 Å². The standard InChI is InChI=1S/C8H14Cl2N2O2/c9-7(11-13)5-3-1-2-4-6-8(10)12-14/h13-14H,1-6H2/b11-7-,12-8-. The zero-order valence-corrected chi connectivity index (χ0v) is 9.30. The fraction of sp³-hybridized carbons (Fsp3) is 0.750. The van der Waals surface area contributed by atoms with Crippen LogP contribution < -0.4 is 0 Å². The minimum atomic E-state index is 0.236. The monoisotopic (exact) mass is 240 g/mol. The van der Waals surface area contributed by atoms with Gasteiger partial charge in [-0.05, 0) is 12.8 Å². The maximum Gasteiger partial charge on any atom is 0.145 e. The Morgan fingerprint density at radius 2 is 1.14 bits per heavy atom. The number of hydrogen-bond acceptors (Lipinski definition) is 4. The summed E-state index contributed by atoms with van der Waals surface area (Å²) in [6, 6.07) is 0. The van der Waals surface area contributed by atoms with Crippen molar-refractivity contribution in [3.05, 3.63) is 0 Å². The van der Waals surface area contributed by atoms with Crippen LogP contribution in [0.2, 0.25) is 0 Å². The van der Waals surface area contributed by atoms with E-state index in [1.807, 2.05) is 0 Å². The van der Waals surface area contributed by atoms with E-state index in [9.17, 15) is 0 Å². The average Bonchev–Trinajstić information content (AvgIpc) is 2.22. The average molecular weight is 241 g/mol. The van der Waals surface area contributed by atoms with Crippen LogP contribution >= 0.6 is 23.2 Å². The molecular formula is C8H14Cl2N2O2. The van der Waals surface area contributed by atoms with Crippen molar-refractivity contribution >= 4 is 33.5 Å². The van der Waals surface area contributed by atoms with Crippen LogP contribution in [0.15, 0.2) is 10.3 Å². The summed E-state index contributed by atoms with van der Waals surface area (Å²) in [5.41, 5.74) is 0. The van der Waals surface area contributed by atoms with Gasteiger partial charge in [-0.3, -0.25) is 0 Å². The Balaban J connectivity index is 3.22. The molecule has 0 aliphatic rings. The van der Waals surface area contributed by atoms with Gasteiger partial charge in [-0.15, -0.1) is 0 Å². The van der Waals surface area contributed by atoms with Gasteiger partial charge in [-0.2, -0.15) is 0 Å². The molecule has 0 aromatic heterocycles. The van der Waals surface area contributed by atoms with Crippen molar-refractivity contribution < 1.29 is 10.4 Å². The molecule has 0 fully saturated rings. The first-order valence-electron chi connectivity index (χ1n) is 4.43. The zero-order chi connectivity index (χ0) is 10.8. The third-order valence-corrected chi connectivity index (χ3v) is 2.26. The molecule has 0 radical (unpaired) electrons. The maximum absolute atomic E-state index is 8.24. The van der Waals surface area contributed by atoms with Crippen LogP contribution in [0.4, 0.5) is 0 Å². The van der Waals surface area contributed by atoms with Crippen LogP contribution in [0.25, 0.3) is 0 Å². The largest absolute Gasteiger partial charge is 0.410 e. The topological polar surface area (TPSA) is 65.2 Å². The molecule has 14 heavy (non-hydrogen) atoms. The van der Waals surface area contributed by atoms with Gasteiger partial charge in [0, 0.05) is 12.8 Å². The van der Waals surface area contributed by atoms with E-state index < -0.39 is 0 Å². The molecule has 0 unspecified atom stereocenters. The SMILES string of the molecule is O/N=C(\Cl)CCCCCC/C(Cl)=N/O. The van der Waals surface area contributed by atoms with E-state index in [0.29, 0.717) is 12.8 Å². The van der Waals surface area contributed by atoms with Gasteiger partial charge < -0.3 is 10.4 Å². The van der Waals surface area contributed by atoms with Crippen LogP contribution in [0.1, 0.15) is 38.5 Å². The minimum Gasteiger partial charge on any atom is -0.410 e. The Kier molecular flexibility index (Phi) is 8.78. The summed E-state index contributed by atoms with van der Waals surface area (Å²) in [5.74, 6) is 0. The maximum atomic E-state index is 8.24. The number of oxime groups is 2. The normalized spacial score (nSPS) is 13.3. The van der Waals surface area contributed by atoms with Crippen LogP contribution in [-0.4, -0.2) is 20.8 Å². The lowest BCUT2D eigenvalue weighted by Crippen LogP contribution is -1.90. The van der Waals surface area contributed by atoms with Crippen molar-refractivity contribution in [3.63, 3.8) is 0 Å². The Morgan fingerprint density at radius 3 is 1.43 bits per heavy atom. The van der Waals surface area contributed by atoms with E-state index in [1.165, 1.54) is 0 Å². The lowest BCUT2D eigenvalue weighted by Gasteiger charge is -1.98. The third kappa shape index (κ3) is 8.13. The van der Waals surface area contributed by atoms with Gasteiger partial charge in [0.05, 0.1) is 0 Å². The number of nitrogens with zero attached hydrogens (tertiary/aromatic N) is 2. The van der Waals surface area contributed by atoms with Crippen molar-refractivity contribution in [2.75, 3.05) is 0 Å². The molecule has 0 aliphatic heterocycles. The molecule has 0 rings (SSSR count). The van der Waals surface area contributed by atoms with Crippen LogP contribution in [0, 0.1) is 0 Å². The highest BCUT2D eigenvalue weighted by Gasteiger charge is 1.97. The van der Waals surface area contributed by atoms with Gasteiger partial charge >= 0.3 is 0 Å². The molecule has 0 heterocycles. The second-order valence-corrected chi connectivity index (χ2v) is 3.74. The van der Waals surface area contributed by atoms with E-state index in [-0.39, 0.29) is 10.3 Å². The molecule has 0 bridgehead atoms. The summed E-state index contributed by atoms with van der Waals surface area (Å²) in [6.45, 7) is 0. The quantitative estimate of drug-likeness (QED) is 0.310. The van der Waals surface area contributed by atoms with E-state index in [0.717, 1.165) is 25.7 Å². The second kappa shape index (κ2) is 9.09. The van der Waals surface area contributed by atoms with Gasteiger partial charge in [0.1, 0.15) is 10.3 Å². The molecule has 0 saturated heterocycles. The van der Waals surface area contributed by atoms with Crippen LogP contribution in [0.5, 0.6) is 0 Å². The van der Waals surface area contributed by atoms with Crippen LogP contribution in [-0.2, 0) is 0 Å². The fourth-order valence-electron chi connectivity index (χ4n) is 0.995. The molecule has 0 saturated carbocycles. The Bertz CT molecular complexity index is 186. The predicted octanol–water partition coefficient (Wildman–Crippen LogP) is 3.38. The smallest absolute Gasteiger partial charge is 0.145 e. The van der Waals surface area contributed by atoms with E-state index in [2.05, 4.69) is 10.3 Å². The van der Waals surface area contributed by atoms with Gasteiger partial charge in [-0.1, -0.05) is 46.4 Å². The second-order valence-electron chi connectivity index (χ2n) is 2.87. The van der Waals surface area contributed by atoms with Crippen molar-refractivity contribution in [1.29, 1.82) is 0 Å². The van der Waals surface area contributed by atoms with E-state index >= 15 is 0 Å². The first-order chi connectivity index (χ1) is 6.70. The van der Waals surface area contributed by atoms with Gasteiger partial charge in [0.15, 0.2) is 0 Å². The molecular weight excluding hydrogens is 227 g/mol. The summed E-state index contributed by atoms with van der Waals surface area (Å²) in [7, 11) is 0. The summed E-state index contributed by atoms with van der Waals surface area (Å²) in [6.07, 6.45) is 4.94. The number of rotatable bonds is 7. The first kappa shape index (κ1) is 13.5. The lowest BCUT2D eigenvalue weighted by molar-refractivity contribution is 0.318. The molecule has 0 amide bonds. The fourth-order valence-corrected chi connectivity index (χ4v) is 1.26. The molecule has 0 spiro atoms. The number of hydrogen-bond donors (Lipinski definition) is 2. The molecule has 4 nitrogen and oxygen atoms in total. The van der Waals surface area contributed by atoms with Crippen molar-refractivity contribution in [1.82, 2.24) is 0 Å². The molecule has 6 heteroatoms. The summed E-state index contributed by atoms with van der Waals surface area (Å²) < 4.78 is 0. The van der Waals surface area contributed by atoms with Gasteiger partial charge in [0.25, 0.3) is 0 Å². The van der Waals surface area contributed by atoms with Gasteiger partial charge in [0.2, 0.25) is 0 Å². The van der Waals surface area contributed by atoms with Crippen LogP contribution in [0.3, 0.4) is 0 Å². The molecule has 0 aromatic rings.